The van der Waals surface area contributed by atoms with Gasteiger partial charge >= 0.3 is 0 Å². The van der Waals surface area contributed by atoms with E-state index in [1.807, 2.05) is 60.7 Å². The van der Waals surface area contributed by atoms with Crippen LogP contribution in [0, 0.1) is 0 Å². The highest BCUT2D eigenvalue weighted by Crippen LogP contribution is 2.28. The number of hydrogen-bond acceptors (Lipinski definition) is 3. The molecule has 0 aliphatic heterocycles. The summed E-state index contributed by atoms with van der Waals surface area (Å²) in [6.07, 6.45) is -1.39. The van der Waals surface area contributed by atoms with Crippen molar-refractivity contribution in [3.8, 4) is 0 Å². The average molecular weight is 374 g/mol. The number of carbonyl (C=O) groups is 2. The van der Waals surface area contributed by atoms with Gasteiger partial charge in [-0.2, -0.15) is 0 Å². The van der Waals surface area contributed by atoms with Crippen molar-refractivity contribution in [1.82, 2.24) is 5.32 Å². The topological polar surface area (TPSA) is 92.4 Å². The zero-order valence-electron chi connectivity index (χ0n) is 15.2. The van der Waals surface area contributed by atoms with Crippen LogP contribution in [0.2, 0.25) is 0 Å². The molecule has 0 spiro atoms. The Hall–Kier alpha value is -3.44. The molecule has 3 aromatic carbocycles. The third-order valence-electron chi connectivity index (χ3n) is 4.62. The quantitative estimate of drug-likeness (QED) is 0.593. The second-order valence-corrected chi connectivity index (χ2v) is 6.50. The maximum atomic E-state index is 12.7. The Balaban J connectivity index is 1.93. The van der Waals surface area contributed by atoms with Gasteiger partial charge in [0.15, 0.2) is 6.10 Å². The smallest absolute Gasteiger partial charge is 0.254 e. The van der Waals surface area contributed by atoms with Crippen LogP contribution in [-0.4, -0.2) is 23.0 Å². The third-order valence-corrected chi connectivity index (χ3v) is 4.62. The van der Waals surface area contributed by atoms with E-state index in [2.05, 4.69) is 5.32 Å². The van der Waals surface area contributed by atoms with Crippen molar-refractivity contribution in [3.05, 3.63) is 108 Å². The molecule has 0 aliphatic rings. The number of aliphatic hydroxyl groups is 1. The number of rotatable bonds is 7. The van der Waals surface area contributed by atoms with Crippen LogP contribution in [0.15, 0.2) is 91.0 Å². The van der Waals surface area contributed by atoms with E-state index < -0.39 is 29.9 Å². The Morgan fingerprint density at radius 2 is 1.11 bits per heavy atom. The Labute approximate surface area is 163 Å². The van der Waals surface area contributed by atoms with Crippen LogP contribution >= 0.6 is 0 Å². The molecule has 5 nitrogen and oxygen atoms in total. The van der Waals surface area contributed by atoms with Gasteiger partial charge in [0.2, 0.25) is 5.91 Å². The molecule has 2 amide bonds. The van der Waals surface area contributed by atoms with Crippen molar-refractivity contribution in [3.63, 3.8) is 0 Å². The summed E-state index contributed by atoms with van der Waals surface area (Å²) in [5.74, 6) is -1.83. The highest BCUT2D eigenvalue weighted by Gasteiger charge is 2.32. The fraction of sp³-hybridized carbons (Fsp3) is 0.130. The highest BCUT2D eigenvalue weighted by molar-refractivity contribution is 5.90. The first kappa shape index (κ1) is 19.3. The van der Waals surface area contributed by atoms with E-state index in [0.717, 1.165) is 11.1 Å². The minimum Gasteiger partial charge on any atom is -0.378 e. The van der Waals surface area contributed by atoms with Gasteiger partial charge in [-0.15, -0.1) is 0 Å². The van der Waals surface area contributed by atoms with Gasteiger partial charge in [0.25, 0.3) is 5.91 Å². The minimum absolute atomic E-state index is 0.444. The maximum Gasteiger partial charge on any atom is 0.254 e. The lowest BCUT2D eigenvalue weighted by Crippen LogP contribution is -2.49. The first-order chi connectivity index (χ1) is 13.6. The summed E-state index contributed by atoms with van der Waals surface area (Å²) in [6, 6.07) is 26.3. The standard InChI is InChI=1S/C23H22N2O3/c24-22(27)20(25-23(28)21(26)18-14-8-3-9-15-18)19(16-10-4-1-5-11-16)17-12-6-2-7-13-17/h1-15,19-21,26H,(H2,24,27)(H,25,28)/t20-,21-/m0/s1. The first-order valence-electron chi connectivity index (χ1n) is 9.00. The highest BCUT2D eigenvalue weighted by atomic mass is 16.3. The van der Waals surface area contributed by atoms with Gasteiger partial charge in [-0.05, 0) is 16.7 Å². The van der Waals surface area contributed by atoms with Crippen molar-refractivity contribution in [1.29, 1.82) is 0 Å². The number of aliphatic hydroxyl groups excluding tert-OH is 1. The molecule has 0 heterocycles. The molecular formula is C23H22N2O3. The summed E-state index contributed by atoms with van der Waals surface area (Å²) in [7, 11) is 0. The SMILES string of the molecule is NC(=O)[C@@H](NC(=O)[C@@H](O)c1ccccc1)C(c1ccccc1)c1ccccc1. The number of hydrogen-bond donors (Lipinski definition) is 3. The summed E-state index contributed by atoms with van der Waals surface area (Å²) in [5, 5.41) is 13.0. The number of amides is 2. The molecule has 4 N–H and O–H groups in total. The Morgan fingerprint density at radius 3 is 1.50 bits per heavy atom. The molecule has 5 heteroatoms. The van der Waals surface area contributed by atoms with E-state index in [1.165, 1.54) is 0 Å². The molecule has 0 aliphatic carbocycles. The predicted octanol–water partition coefficient (Wildman–Crippen LogP) is 2.52. The zero-order chi connectivity index (χ0) is 19.9. The summed E-state index contributed by atoms with van der Waals surface area (Å²) in [4.78, 5) is 25.0. The van der Waals surface area contributed by atoms with Crippen molar-refractivity contribution < 1.29 is 14.7 Å². The molecule has 0 bridgehead atoms. The Bertz CT molecular complexity index is 875. The first-order valence-corrected chi connectivity index (χ1v) is 9.00. The van der Waals surface area contributed by atoms with Crippen molar-refractivity contribution >= 4 is 11.8 Å². The second kappa shape index (κ2) is 8.97. The number of primary amides is 1. The van der Waals surface area contributed by atoms with Crippen LogP contribution in [0.25, 0.3) is 0 Å². The van der Waals surface area contributed by atoms with Crippen LogP contribution in [0.4, 0.5) is 0 Å². The third kappa shape index (κ3) is 4.45. The Kier molecular flexibility index (Phi) is 6.19. The van der Waals surface area contributed by atoms with Gasteiger partial charge < -0.3 is 16.2 Å². The number of nitrogens with one attached hydrogen (secondary N) is 1. The lowest BCUT2D eigenvalue weighted by atomic mass is 9.84. The van der Waals surface area contributed by atoms with Crippen molar-refractivity contribution in [2.24, 2.45) is 5.73 Å². The second-order valence-electron chi connectivity index (χ2n) is 6.50. The van der Waals surface area contributed by atoms with E-state index in [-0.39, 0.29) is 0 Å². The molecule has 0 fully saturated rings. The van der Waals surface area contributed by atoms with Crippen LogP contribution in [0.5, 0.6) is 0 Å². The summed E-state index contributed by atoms with van der Waals surface area (Å²) >= 11 is 0. The van der Waals surface area contributed by atoms with Crippen LogP contribution < -0.4 is 11.1 Å². The molecule has 0 unspecified atom stereocenters. The molecule has 3 aromatic rings. The van der Waals surface area contributed by atoms with E-state index in [0.29, 0.717) is 5.56 Å². The molecule has 0 aromatic heterocycles. The maximum absolute atomic E-state index is 12.7. The van der Waals surface area contributed by atoms with E-state index in [9.17, 15) is 14.7 Å². The van der Waals surface area contributed by atoms with E-state index >= 15 is 0 Å². The van der Waals surface area contributed by atoms with Gasteiger partial charge in [0.05, 0.1) is 0 Å². The summed E-state index contributed by atoms with van der Waals surface area (Å²) < 4.78 is 0. The zero-order valence-corrected chi connectivity index (χ0v) is 15.2. The van der Waals surface area contributed by atoms with Gasteiger partial charge in [-0.1, -0.05) is 91.0 Å². The summed E-state index contributed by atoms with van der Waals surface area (Å²) in [5.41, 5.74) is 7.79. The molecule has 0 radical (unpaired) electrons. The molecule has 142 valence electrons. The van der Waals surface area contributed by atoms with Crippen LogP contribution in [-0.2, 0) is 9.59 Å². The molecule has 0 saturated heterocycles. The monoisotopic (exact) mass is 374 g/mol. The molecule has 3 rings (SSSR count). The van der Waals surface area contributed by atoms with Gasteiger partial charge in [0.1, 0.15) is 6.04 Å². The van der Waals surface area contributed by atoms with Crippen molar-refractivity contribution in [2.45, 2.75) is 18.1 Å². The average Bonchev–Trinajstić information content (AvgIpc) is 2.74. The van der Waals surface area contributed by atoms with Crippen LogP contribution in [0.1, 0.15) is 28.7 Å². The van der Waals surface area contributed by atoms with Gasteiger partial charge in [-0.3, -0.25) is 9.59 Å². The summed E-state index contributed by atoms with van der Waals surface area (Å²) in [6.45, 7) is 0. The lowest BCUT2D eigenvalue weighted by Gasteiger charge is -2.27. The predicted molar refractivity (Wildman–Crippen MR) is 107 cm³/mol. The minimum atomic E-state index is -1.39. The molecule has 2 atom stereocenters. The number of nitrogens with two attached hydrogens (primary N) is 1. The fourth-order valence-electron chi connectivity index (χ4n) is 3.24. The van der Waals surface area contributed by atoms with E-state index in [1.54, 1.807) is 30.3 Å². The largest absolute Gasteiger partial charge is 0.378 e. The van der Waals surface area contributed by atoms with Gasteiger partial charge in [-0.25, -0.2) is 0 Å². The normalized spacial score (nSPS) is 12.9. The van der Waals surface area contributed by atoms with Crippen LogP contribution in [0.3, 0.4) is 0 Å². The number of benzene rings is 3. The van der Waals surface area contributed by atoms with Gasteiger partial charge in [0, 0.05) is 5.92 Å². The molecular weight excluding hydrogens is 352 g/mol. The van der Waals surface area contributed by atoms with E-state index in [4.69, 9.17) is 5.73 Å². The van der Waals surface area contributed by atoms with Crippen molar-refractivity contribution in [2.75, 3.05) is 0 Å². The number of carbonyl (C=O) groups excluding carboxylic acids is 2. The molecule has 0 saturated carbocycles. The fourth-order valence-corrected chi connectivity index (χ4v) is 3.24. The Morgan fingerprint density at radius 1 is 0.714 bits per heavy atom. The molecule has 28 heavy (non-hydrogen) atoms. The lowest BCUT2D eigenvalue weighted by molar-refractivity contribution is -0.133.